The van der Waals surface area contributed by atoms with Crippen LogP contribution in [0.3, 0.4) is 0 Å². The minimum Gasteiger partial charge on any atom is -0.421 e. The Morgan fingerprint density at radius 2 is 1.94 bits per heavy atom. The van der Waals surface area contributed by atoms with Gasteiger partial charge >= 0.3 is 6.01 Å². The lowest BCUT2D eigenvalue weighted by Gasteiger charge is -2.27. The van der Waals surface area contributed by atoms with Crippen molar-refractivity contribution in [2.24, 2.45) is 5.92 Å². The highest BCUT2D eigenvalue weighted by Crippen LogP contribution is 2.48. The molecule has 1 aliphatic heterocycles. The minimum absolute atomic E-state index is 0.254. The highest BCUT2D eigenvalue weighted by Gasteiger charge is 2.39. The molecule has 2 atom stereocenters. The van der Waals surface area contributed by atoms with Crippen molar-refractivity contribution < 1.29 is 9.13 Å². The van der Waals surface area contributed by atoms with Crippen LogP contribution in [-0.2, 0) is 6.42 Å². The smallest absolute Gasteiger partial charge is 0.324 e. The summed E-state index contributed by atoms with van der Waals surface area (Å²) in [6, 6.07) is 3.95. The molecule has 3 aliphatic carbocycles. The Hall–Kier alpha value is -3.29. The number of aromatic nitrogens is 4. The van der Waals surface area contributed by atoms with Crippen molar-refractivity contribution in [2.45, 2.75) is 56.9 Å². The number of hydrogen-bond acceptors (Lipinski definition) is 7. The Morgan fingerprint density at radius 3 is 2.71 bits per heavy atom. The van der Waals surface area contributed by atoms with E-state index in [4.69, 9.17) is 14.7 Å². The standard InChI is InChI=1S/C26H27FN6O/c1-28-21-9-16(27)8-20-19(21)10-22-23(20)25(33-13-14-3-2-4-17(33)7-14)32-26(31-22)34-18-11-29-24(30-12-18)15-5-6-15/h8-9,11-12,14-15,17,28H,2-7,10,13H2,1H3. The van der Waals surface area contributed by atoms with Crippen LogP contribution >= 0.6 is 0 Å². The molecule has 34 heavy (non-hydrogen) atoms. The van der Waals surface area contributed by atoms with Crippen LogP contribution < -0.4 is 15.0 Å². The number of rotatable bonds is 5. The monoisotopic (exact) mass is 458 g/mol. The second-order valence-electron chi connectivity index (χ2n) is 10.0. The lowest BCUT2D eigenvalue weighted by Crippen LogP contribution is -2.30. The molecule has 1 N–H and O–H groups in total. The van der Waals surface area contributed by atoms with E-state index in [1.165, 1.54) is 25.7 Å². The van der Waals surface area contributed by atoms with E-state index in [1.807, 2.05) is 7.05 Å². The van der Waals surface area contributed by atoms with Crippen molar-refractivity contribution in [2.75, 3.05) is 23.8 Å². The van der Waals surface area contributed by atoms with Gasteiger partial charge in [0.25, 0.3) is 0 Å². The molecular weight excluding hydrogens is 431 g/mol. The number of hydrogen-bond donors (Lipinski definition) is 1. The molecule has 1 saturated heterocycles. The third-order valence-corrected chi connectivity index (χ3v) is 7.76. The number of fused-ring (bicyclic) bond motifs is 5. The first kappa shape index (κ1) is 20.1. The topological polar surface area (TPSA) is 76.1 Å². The summed E-state index contributed by atoms with van der Waals surface area (Å²) in [4.78, 5) is 21.1. The number of nitrogens with zero attached hydrogens (tertiary/aromatic N) is 5. The van der Waals surface area contributed by atoms with E-state index in [-0.39, 0.29) is 5.82 Å². The summed E-state index contributed by atoms with van der Waals surface area (Å²) in [5, 5.41) is 3.15. The molecule has 3 heterocycles. The molecule has 0 spiro atoms. The van der Waals surface area contributed by atoms with E-state index in [9.17, 15) is 4.39 Å². The lowest BCUT2D eigenvalue weighted by atomic mass is 9.90. The average Bonchev–Trinajstić information content (AvgIpc) is 3.57. The van der Waals surface area contributed by atoms with Crippen LogP contribution in [0.2, 0.25) is 0 Å². The van der Waals surface area contributed by atoms with E-state index in [0.717, 1.165) is 59.1 Å². The largest absolute Gasteiger partial charge is 0.421 e. The molecule has 0 radical (unpaired) electrons. The fourth-order valence-corrected chi connectivity index (χ4v) is 6.00. The van der Waals surface area contributed by atoms with Crippen LogP contribution in [0, 0.1) is 11.7 Å². The second-order valence-corrected chi connectivity index (χ2v) is 10.0. The summed E-state index contributed by atoms with van der Waals surface area (Å²) in [6.07, 6.45) is 11.2. The number of halogens is 1. The number of nitrogens with one attached hydrogen (secondary N) is 1. The van der Waals surface area contributed by atoms with Gasteiger partial charge < -0.3 is 15.0 Å². The predicted octanol–water partition coefficient (Wildman–Crippen LogP) is 5.07. The highest BCUT2D eigenvalue weighted by molar-refractivity contribution is 5.88. The summed E-state index contributed by atoms with van der Waals surface area (Å²) in [6.45, 7) is 0.982. The number of anilines is 2. The third-order valence-electron chi connectivity index (χ3n) is 7.76. The first-order valence-corrected chi connectivity index (χ1v) is 12.3. The van der Waals surface area contributed by atoms with Crippen LogP contribution in [0.1, 0.15) is 61.5 Å². The maximum atomic E-state index is 14.6. The zero-order valence-corrected chi connectivity index (χ0v) is 19.2. The molecule has 7 nitrogen and oxygen atoms in total. The second kappa shape index (κ2) is 7.61. The molecule has 8 heteroatoms. The van der Waals surface area contributed by atoms with Crippen molar-refractivity contribution in [1.29, 1.82) is 0 Å². The molecule has 0 amide bonds. The summed E-state index contributed by atoms with van der Waals surface area (Å²) in [5.74, 6) is 3.22. The fourth-order valence-electron chi connectivity index (χ4n) is 6.00. The third kappa shape index (κ3) is 3.30. The molecule has 2 aromatic heterocycles. The van der Waals surface area contributed by atoms with E-state index < -0.39 is 0 Å². The van der Waals surface area contributed by atoms with Crippen LogP contribution in [0.5, 0.6) is 11.8 Å². The minimum atomic E-state index is -0.254. The van der Waals surface area contributed by atoms with E-state index >= 15 is 0 Å². The number of ether oxygens (including phenoxy) is 1. The quantitative estimate of drug-likeness (QED) is 0.448. The van der Waals surface area contributed by atoms with Gasteiger partial charge in [-0.1, -0.05) is 6.42 Å². The molecular formula is C26H27FN6O. The van der Waals surface area contributed by atoms with Gasteiger partial charge in [0.15, 0.2) is 5.75 Å². The average molecular weight is 459 g/mol. The van der Waals surface area contributed by atoms with Crippen LogP contribution in [0.4, 0.5) is 15.9 Å². The van der Waals surface area contributed by atoms with Crippen LogP contribution in [-0.4, -0.2) is 39.6 Å². The molecule has 174 valence electrons. The first-order chi connectivity index (χ1) is 16.7. The predicted molar refractivity (Wildman–Crippen MR) is 127 cm³/mol. The fraction of sp³-hybridized carbons (Fsp3) is 0.462. The van der Waals surface area contributed by atoms with Gasteiger partial charge in [0.2, 0.25) is 0 Å². The lowest BCUT2D eigenvalue weighted by molar-refractivity contribution is 0.414. The zero-order chi connectivity index (χ0) is 22.8. The maximum Gasteiger partial charge on any atom is 0.324 e. The van der Waals surface area contributed by atoms with Crippen molar-refractivity contribution in [3.05, 3.63) is 47.4 Å². The Balaban J connectivity index is 1.32. The summed E-state index contributed by atoms with van der Waals surface area (Å²) >= 11 is 0. The maximum absolute atomic E-state index is 14.6. The Kier molecular flexibility index (Phi) is 4.50. The van der Waals surface area contributed by atoms with Gasteiger partial charge in [-0.05, 0) is 61.3 Å². The Morgan fingerprint density at radius 1 is 1.09 bits per heavy atom. The SMILES string of the molecule is CNc1cc(F)cc2c1Cc1nc(Oc3cnc(C4CC4)nc3)nc(N3CC4CCCC3C4)c1-2. The molecule has 7 rings (SSSR count). The normalized spacial score (nSPS) is 22.5. The van der Waals surface area contributed by atoms with Gasteiger partial charge in [0, 0.05) is 43.2 Å². The molecule has 4 aliphatic rings. The van der Waals surface area contributed by atoms with Gasteiger partial charge in [0.05, 0.1) is 18.1 Å². The Bertz CT molecular complexity index is 1280. The van der Waals surface area contributed by atoms with E-state index in [0.29, 0.717) is 36.1 Å². The summed E-state index contributed by atoms with van der Waals surface area (Å²) in [5.41, 5.74) is 4.58. The van der Waals surface area contributed by atoms with Gasteiger partial charge in [0.1, 0.15) is 17.5 Å². The van der Waals surface area contributed by atoms with Crippen LogP contribution in [0.25, 0.3) is 11.1 Å². The van der Waals surface area contributed by atoms with Gasteiger partial charge in [-0.2, -0.15) is 9.97 Å². The van der Waals surface area contributed by atoms with Crippen molar-refractivity contribution in [1.82, 2.24) is 19.9 Å². The molecule has 2 saturated carbocycles. The molecule has 2 bridgehead atoms. The summed E-state index contributed by atoms with van der Waals surface area (Å²) in [7, 11) is 1.83. The number of benzene rings is 1. The first-order valence-electron chi connectivity index (χ1n) is 12.3. The van der Waals surface area contributed by atoms with E-state index in [2.05, 4.69) is 20.2 Å². The highest BCUT2D eigenvalue weighted by atomic mass is 19.1. The molecule has 3 fully saturated rings. The van der Waals surface area contributed by atoms with E-state index in [1.54, 1.807) is 24.5 Å². The molecule has 1 aromatic carbocycles. The van der Waals surface area contributed by atoms with Crippen molar-refractivity contribution in [3.8, 4) is 22.9 Å². The van der Waals surface area contributed by atoms with Crippen molar-refractivity contribution in [3.63, 3.8) is 0 Å². The molecule has 2 unspecified atom stereocenters. The summed E-state index contributed by atoms with van der Waals surface area (Å²) < 4.78 is 20.6. The molecule has 3 aromatic rings. The zero-order valence-electron chi connectivity index (χ0n) is 19.2. The van der Waals surface area contributed by atoms with Crippen LogP contribution in [0.15, 0.2) is 24.5 Å². The van der Waals surface area contributed by atoms with Gasteiger partial charge in [-0.25, -0.2) is 14.4 Å². The van der Waals surface area contributed by atoms with Gasteiger partial charge in [-0.3, -0.25) is 0 Å². The Labute approximate surface area is 197 Å². The van der Waals surface area contributed by atoms with Gasteiger partial charge in [-0.15, -0.1) is 0 Å². The van der Waals surface area contributed by atoms with Crippen molar-refractivity contribution >= 4 is 11.5 Å².